The molecule has 0 radical (unpaired) electrons. The van der Waals surface area contributed by atoms with E-state index in [1.54, 1.807) is 0 Å². The Labute approximate surface area is 115 Å². The summed E-state index contributed by atoms with van der Waals surface area (Å²) >= 11 is 6.10. The molecule has 0 saturated heterocycles. The molecule has 18 heavy (non-hydrogen) atoms. The van der Waals surface area contributed by atoms with Crippen molar-refractivity contribution in [2.75, 3.05) is 13.2 Å². The van der Waals surface area contributed by atoms with Crippen molar-refractivity contribution < 1.29 is 4.74 Å². The quantitative estimate of drug-likeness (QED) is 0.720. The summed E-state index contributed by atoms with van der Waals surface area (Å²) in [6.07, 6.45) is 6.28. The molecule has 0 aliphatic heterocycles. The highest BCUT2D eigenvalue weighted by molar-refractivity contribution is 6.32. The van der Waals surface area contributed by atoms with Crippen molar-refractivity contribution >= 4 is 11.6 Å². The Morgan fingerprint density at radius 3 is 2.83 bits per heavy atom. The first kappa shape index (κ1) is 13.7. The molecule has 0 amide bonds. The maximum absolute atomic E-state index is 6.10. The Bertz CT molecular complexity index is 377. The summed E-state index contributed by atoms with van der Waals surface area (Å²) in [7, 11) is 0. The molecule has 1 aromatic carbocycles. The number of ether oxygens (including phenoxy) is 1. The first-order valence-corrected chi connectivity index (χ1v) is 7.26. The molecule has 2 rings (SSSR count). The molecule has 1 aliphatic rings. The lowest BCUT2D eigenvalue weighted by molar-refractivity contribution is 0.305. The molecule has 0 unspecified atom stereocenters. The van der Waals surface area contributed by atoms with Gasteiger partial charge < -0.3 is 10.1 Å². The van der Waals surface area contributed by atoms with Gasteiger partial charge in [-0.15, -0.1) is 0 Å². The standard InChI is InChI=1S/C15H22ClNO/c1-12-5-8-15(14(16)11-12)18-10-4-2-3-9-17-13-6-7-13/h5,8,11,13,17H,2-4,6-7,9-10H2,1H3. The van der Waals surface area contributed by atoms with Crippen molar-refractivity contribution in [1.29, 1.82) is 0 Å². The number of nitrogens with one attached hydrogen (secondary N) is 1. The zero-order chi connectivity index (χ0) is 12.8. The third kappa shape index (κ3) is 4.87. The van der Waals surface area contributed by atoms with Gasteiger partial charge in [0.1, 0.15) is 5.75 Å². The third-order valence-electron chi connectivity index (χ3n) is 3.18. The highest BCUT2D eigenvalue weighted by atomic mass is 35.5. The number of rotatable bonds is 8. The van der Waals surface area contributed by atoms with E-state index in [0.29, 0.717) is 5.02 Å². The van der Waals surface area contributed by atoms with Gasteiger partial charge in [0.2, 0.25) is 0 Å². The fourth-order valence-electron chi connectivity index (χ4n) is 1.90. The minimum Gasteiger partial charge on any atom is -0.492 e. The predicted molar refractivity (Wildman–Crippen MR) is 76.6 cm³/mol. The highest BCUT2D eigenvalue weighted by Gasteiger charge is 2.19. The molecule has 0 spiro atoms. The number of hydrogen-bond donors (Lipinski definition) is 1. The molecule has 1 N–H and O–H groups in total. The van der Waals surface area contributed by atoms with Crippen LogP contribution in [-0.2, 0) is 0 Å². The van der Waals surface area contributed by atoms with Crippen LogP contribution in [0.2, 0.25) is 5.02 Å². The first-order chi connectivity index (χ1) is 8.75. The summed E-state index contributed by atoms with van der Waals surface area (Å²) in [4.78, 5) is 0. The summed E-state index contributed by atoms with van der Waals surface area (Å²) in [5, 5.41) is 4.23. The average Bonchev–Trinajstić information content (AvgIpc) is 3.14. The van der Waals surface area contributed by atoms with Gasteiger partial charge in [-0.1, -0.05) is 17.7 Å². The van der Waals surface area contributed by atoms with Crippen molar-refractivity contribution in [3.63, 3.8) is 0 Å². The fourth-order valence-corrected chi connectivity index (χ4v) is 2.19. The number of aryl methyl sites for hydroxylation is 1. The number of benzene rings is 1. The lowest BCUT2D eigenvalue weighted by Gasteiger charge is -2.08. The van der Waals surface area contributed by atoms with E-state index in [-0.39, 0.29) is 0 Å². The predicted octanol–water partition coefficient (Wildman–Crippen LogP) is 3.95. The van der Waals surface area contributed by atoms with Gasteiger partial charge in [-0.25, -0.2) is 0 Å². The second-order valence-corrected chi connectivity index (χ2v) is 5.48. The summed E-state index contributed by atoms with van der Waals surface area (Å²) in [6.45, 7) is 3.94. The van der Waals surface area contributed by atoms with E-state index in [1.807, 2.05) is 25.1 Å². The molecule has 100 valence electrons. The van der Waals surface area contributed by atoms with Gasteiger partial charge in [0.05, 0.1) is 11.6 Å². The molecule has 0 aromatic heterocycles. The van der Waals surface area contributed by atoms with Gasteiger partial charge in [-0.05, 0) is 63.3 Å². The van der Waals surface area contributed by atoms with E-state index in [1.165, 1.54) is 31.2 Å². The SMILES string of the molecule is Cc1ccc(OCCCCCNC2CC2)c(Cl)c1. The van der Waals surface area contributed by atoms with Gasteiger partial charge in [-0.2, -0.15) is 0 Å². The van der Waals surface area contributed by atoms with Crippen LogP contribution >= 0.6 is 11.6 Å². The number of hydrogen-bond acceptors (Lipinski definition) is 2. The van der Waals surface area contributed by atoms with Gasteiger partial charge in [0.15, 0.2) is 0 Å². The topological polar surface area (TPSA) is 21.3 Å². The Morgan fingerprint density at radius 2 is 2.11 bits per heavy atom. The highest BCUT2D eigenvalue weighted by Crippen LogP contribution is 2.25. The van der Waals surface area contributed by atoms with Crippen LogP contribution in [0.3, 0.4) is 0 Å². The van der Waals surface area contributed by atoms with E-state index >= 15 is 0 Å². The van der Waals surface area contributed by atoms with Crippen LogP contribution in [0.4, 0.5) is 0 Å². The van der Waals surface area contributed by atoms with Gasteiger partial charge >= 0.3 is 0 Å². The fraction of sp³-hybridized carbons (Fsp3) is 0.600. The Kier molecular flexibility index (Phi) is 5.33. The molecule has 0 bridgehead atoms. The molecule has 1 aromatic rings. The molecular formula is C15H22ClNO. The summed E-state index contributed by atoms with van der Waals surface area (Å²) in [5.41, 5.74) is 1.17. The lowest BCUT2D eigenvalue weighted by Crippen LogP contribution is -2.17. The van der Waals surface area contributed by atoms with E-state index in [2.05, 4.69) is 5.32 Å². The van der Waals surface area contributed by atoms with Gasteiger partial charge in [0, 0.05) is 6.04 Å². The normalized spacial score (nSPS) is 14.8. The Hall–Kier alpha value is -0.730. The van der Waals surface area contributed by atoms with Crippen LogP contribution < -0.4 is 10.1 Å². The number of unbranched alkanes of at least 4 members (excludes halogenated alkanes) is 2. The molecule has 0 atom stereocenters. The van der Waals surface area contributed by atoms with E-state index in [4.69, 9.17) is 16.3 Å². The second kappa shape index (κ2) is 7.01. The van der Waals surface area contributed by atoms with E-state index in [9.17, 15) is 0 Å². The molecule has 1 aliphatic carbocycles. The minimum absolute atomic E-state index is 0.713. The zero-order valence-electron chi connectivity index (χ0n) is 11.0. The van der Waals surface area contributed by atoms with Crippen LogP contribution in [0.1, 0.15) is 37.7 Å². The smallest absolute Gasteiger partial charge is 0.137 e. The van der Waals surface area contributed by atoms with Crippen molar-refractivity contribution in [1.82, 2.24) is 5.32 Å². The van der Waals surface area contributed by atoms with Crippen LogP contribution in [-0.4, -0.2) is 19.2 Å². The average molecular weight is 268 g/mol. The zero-order valence-corrected chi connectivity index (χ0v) is 11.8. The maximum atomic E-state index is 6.10. The van der Waals surface area contributed by atoms with Crippen molar-refractivity contribution in [2.24, 2.45) is 0 Å². The molecule has 1 fully saturated rings. The lowest BCUT2D eigenvalue weighted by atomic mass is 10.2. The monoisotopic (exact) mass is 267 g/mol. The first-order valence-electron chi connectivity index (χ1n) is 6.88. The largest absolute Gasteiger partial charge is 0.492 e. The summed E-state index contributed by atoms with van der Waals surface area (Å²) < 4.78 is 5.68. The van der Waals surface area contributed by atoms with E-state index < -0.39 is 0 Å². The van der Waals surface area contributed by atoms with Crippen molar-refractivity contribution in [2.45, 2.75) is 45.1 Å². The van der Waals surface area contributed by atoms with Crippen molar-refractivity contribution in [3.8, 4) is 5.75 Å². The number of halogens is 1. The van der Waals surface area contributed by atoms with Crippen LogP contribution in [0, 0.1) is 6.92 Å². The third-order valence-corrected chi connectivity index (χ3v) is 3.47. The minimum atomic E-state index is 0.713. The summed E-state index contributed by atoms with van der Waals surface area (Å²) in [6, 6.07) is 6.75. The Morgan fingerprint density at radius 1 is 1.28 bits per heavy atom. The molecule has 3 heteroatoms. The molecule has 2 nitrogen and oxygen atoms in total. The molecule has 0 heterocycles. The van der Waals surface area contributed by atoms with Crippen LogP contribution in [0.15, 0.2) is 18.2 Å². The molecular weight excluding hydrogens is 246 g/mol. The Balaban J connectivity index is 1.53. The van der Waals surface area contributed by atoms with Gasteiger partial charge in [0.25, 0.3) is 0 Å². The van der Waals surface area contributed by atoms with Crippen LogP contribution in [0.25, 0.3) is 0 Å². The maximum Gasteiger partial charge on any atom is 0.137 e. The van der Waals surface area contributed by atoms with Gasteiger partial charge in [-0.3, -0.25) is 0 Å². The summed E-state index contributed by atoms with van der Waals surface area (Å²) in [5.74, 6) is 0.804. The second-order valence-electron chi connectivity index (χ2n) is 5.07. The van der Waals surface area contributed by atoms with Crippen LogP contribution in [0.5, 0.6) is 5.75 Å². The van der Waals surface area contributed by atoms with Crippen molar-refractivity contribution in [3.05, 3.63) is 28.8 Å². The van der Waals surface area contributed by atoms with E-state index in [0.717, 1.165) is 31.4 Å². The molecule has 1 saturated carbocycles.